The van der Waals surface area contributed by atoms with Crippen LogP contribution in [0, 0.1) is 13.2 Å². The van der Waals surface area contributed by atoms with Crippen molar-refractivity contribution in [2.24, 2.45) is 11.5 Å². The topological polar surface area (TPSA) is 395 Å². The molecule has 50 heavy (non-hydrogen) atoms. The largest absolute Gasteiger partial charge is 0.397 e. The van der Waals surface area contributed by atoms with Crippen LogP contribution in [0.2, 0.25) is 0 Å². The van der Waals surface area contributed by atoms with E-state index in [9.17, 15) is 57.1 Å². The molecule has 0 bridgehead atoms. The Morgan fingerprint density at radius 2 is 1.04 bits per heavy atom. The lowest BCUT2D eigenvalue weighted by Gasteiger charge is -2.47. The van der Waals surface area contributed by atoms with Crippen molar-refractivity contribution >= 4 is 20.8 Å². The molecule has 4 heterocycles. The Hall–Kier alpha value is -0.940. The van der Waals surface area contributed by atoms with E-state index in [2.05, 4.69) is 8.37 Å². The van der Waals surface area contributed by atoms with E-state index in [4.69, 9.17) is 53.9 Å². The summed E-state index contributed by atoms with van der Waals surface area (Å²) in [6, 6.07) is -3.08. The van der Waals surface area contributed by atoms with E-state index in [1.54, 1.807) is 0 Å². The van der Waals surface area contributed by atoms with Crippen LogP contribution in [-0.2, 0) is 67.1 Å². The van der Waals surface area contributed by atoms with Gasteiger partial charge in [-0.1, -0.05) is 0 Å². The molecule has 4 fully saturated rings. The van der Waals surface area contributed by atoms with Gasteiger partial charge in [-0.2, -0.15) is 16.8 Å². The number of hydrogen-bond acceptors (Lipinski definition) is 23. The molecule has 27 heteroatoms. The number of aliphatic hydroxyl groups is 7. The summed E-state index contributed by atoms with van der Waals surface area (Å²) in [5, 5.41) is 72.4. The van der Waals surface area contributed by atoms with Gasteiger partial charge in [0.2, 0.25) is 0 Å². The van der Waals surface area contributed by atoms with Crippen molar-refractivity contribution < 1.29 is 108 Å². The molecule has 7 unspecified atom stereocenters. The van der Waals surface area contributed by atoms with E-state index in [1.165, 1.54) is 0 Å². The Morgan fingerprint density at radius 3 is 1.50 bits per heavy atom. The van der Waals surface area contributed by atoms with Crippen molar-refractivity contribution in [2.75, 3.05) is 20.3 Å². The second-order valence-corrected chi connectivity index (χ2v) is 13.5. The third-order valence-corrected chi connectivity index (χ3v) is 8.91. The van der Waals surface area contributed by atoms with Crippen molar-refractivity contribution in [3.63, 3.8) is 0 Å². The predicted octanol–water partition coefficient (Wildman–Crippen LogP) is -7.91. The van der Waals surface area contributed by atoms with E-state index in [0.29, 0.717) is 0 Å². The summed E-state index contributed by atoms with van der Waals surface area (Å²) in [6.45, 7) is -0.135. The minimum absolute atomic E-state index is 0.745. The van der Waals surface area contributed by atoms with Gasteiger partial charge in [0, 0.05) is 7.11 Å². The molecule has 4 saturated heterocycles. The van der Waals surface area contributed by atoms with Crippen molar-refractivity contribution in [2.45, 2.75) is 110 Å². The zero-order valence-corrected chi connectivity index (χ0v) is 27.3. The standard InChI is InChI=1S/C23H40N2O23S2/c1-39-22-18(47-49(33,34)35)13(29)8(4-40-22)45-21-11(25)16(32)17(7(3-27)43-21)46-23-19(48-50(36,37)38)14(30)9(5-41-23)44-20-10(24)15(31)12(28)6(2-26)42-20/h4-23,26-32H,2-3,24-25H2,1H3,(H,33,34,35)(H,36,37,38)/t6?,7?,8-,9+,10?,11?,12+,13?,14+,15-,16-,17+,18?,19?,20+,21+,22+,23+/m1/s1. The molecule has 0 aliphatic carbocycles. The highest BCUT2D eigenvalue weighted by Gasteiger charge is 2.54. The fourth-order valence-electron chi connectivity index (χ4n) is 5.40. The zero-order valence-electron chi connectivity index (χ0n) is 25.7. The van der Waals surface area contributed by atoms with Gasteiger partial charge in [-0.3, -0.25) is 9.11 Å². The molecule has 0 spiro atoms. The van der Waals surface area contributed by atoms with Crippen molar-refractivity contribution in [3.05, 3.63) is 13.2 Å². The molecule has 0 aromatic rings. The molecule has 0 aromatic carbocycles. The smallest absolute Gasteiger partial charge is 0.394 e. The minimum Gasteiger partial charge on any atom is -0.394 e. The van der Waals surface area contributed by atoms with Crippen molar-refractivity contribution in [1.29, 1.82) is 0 Å². The lowest BCUT2D eigenvalue weighted by molar-refractivity contribution is -0.344. The first-order valence-electron chi connectivity index (χ1n) is 14.5. The number of methoxy groups -OCH3 is 1. The summed E-state index contributed by atoms with van der Waals surface area (Å²) in [5.74, 6) is 0. The molecule has 4 aliphatic heterocycles. The Balaban J connectivity index is 1.46. The highest BCUT2D eigenvalue weighted by molar-refractivity contribution is 7.81. The molecule has 13 N–H and O–H groups in total. The van der Waals surface area contributed by atoms with E-state index in [1.807, 2.05) is 0 Å². The second-order valence-electron chi connectivity index (χ2n) is 11.4. The average molecular weight is 777 g/mol. The number of aliphatic hydroxyl groups excluding tert-OH is 7. The Kier molecular flexibility index (Phi) is 14.2. The van der Waals surface area contributed by atoms with Gasteiger partial charge in [0.05, 0.1) is 25.3 Å². The SMILES string of the molecule is CO[C@H]1O[CH][C@@H](O[C@@H]2OC(CO)[C@H](O[C@@H]3O[CH][C@H](O[C@@H]4OC(CO)[C@H](O)[C@H](O)C4N)[C@H](O)C3OS(=O)(=O)O)[C@H](O)C2N)C(O)C1OS(=O)(=O)O. The fourth-order valence-corrected chi connectivity index (χ4v) is 6.37. The Bertz CT molecular complexity index is 1310. The van der Waals surface area contributed by atoms with Crippen LogP contribution in [-0.4, -0.2) is 193 Å². The van der Waals surface area contributed by atoms with Gasteiger partial charge in [-0.15, -0.1) is 0 Å². The minimum atomic E-state index is -5.37. The van der Waals surface area contributed by atoms with Gasteiger partial charge >= 0.3 is 20.8 Å². The third kappa shape index (κ3) is 9.78. The summed E-state index contributed by atoms with van der Waals surface area (Å²) >= 11 is 0. The van der Waals surface area contributed by atoms with Gasteiger partial charge in [0.15, 0.2) is 37.4 Å². The molecule has 4 rings (SSSR count). The molecule has 292 valence electrons. The van der Waals surface area contributed by atoms with Crippen molar-refractivity contribution in [3.8, 4) is 0 Å². The molecular formula is C23H40N2O23S2. The normalized spacial score (nSPS) is 46.5. The highest BCUT2D eigenvalue weighted by atomic mass is 32.3. The van der Waals surface area contributed by atoms with Crippen LogP contribution in [0.25, 0.3) is 0 Å². The van der Waals surface area contributed by atoms with Crippen LogP contribution in [0.5, 0.6) is 0 Å². The Morgan fingerprint density at radius 1 is 0.600 bits per heavy atom. The van der Waals surface area contributed by atoms with Gasteiger partial charge < -0.3 is 85.1 Å². The number of rotatable bonds is 13. The van der Waals surface area contributed by atoms with Crippen LogP contribution in [0.4, 0.5) is 0 Å². The lowest BCUT2D eigenvalue weighted by atomic mass is 9.96. The van der Waals surface area contributed by atoms with E-state index < -0.39 is 145 Å². The van der Waals surface area contributed by atoms with Gasteiger partial charge in [-0.05, 0) is 0 Å². The number of ether oxygens (including phenoxy) is 8. The number of nitrogens with two attached hydrogens (primary N) is 2. The fraction of sp³-hybridized carbons (Fsp3) is 0.913. The van der Waals surface area contributed by atoms with E-state index in [0.717, 1.165) is 20.3 Å². The van der Waals surface area contributed by atoms with Crippen LogP contribution in [0.1, 0.15) is 0 Å². The van der Waals surface area contributed by atoms with E-state index in [-0.39, 0.29) is 0 Å². The summed E-state index contributed by atoms with van der Waals surface area (Å²) in [7, 11) is -9.43. The zero-order chi connectivity index (χ0) is 37.3. The highest BCUT2D eigenvalue weighted by Crippen LogP contribution is 2.34. The first kappa shape index (κ1) is 41.8. The van der Waals surface area contributed by atoms with Crippen molar-refractivity contribution in [1.82, 2.24) is 0 Å². The van der Waals surface area contributed by atoms with Gasteiger partial charge in [0.1, 0.15) is 74.3 Å². The van der Waals surface area contributed by atoms with E-state index >= 15 is 0 Å². The molecule has 0 aromatic heterocycles. The van der Waals surface area contributed by atoms with Crippen LogP contribution >= 0.6 is 0 Å². The van der Waals surface area contributed by atoms with Crippen LogP contribution in [0.15, 0.2) is 0 Å². The predicted molar refractivity (Wildman–Crippen MR) is 150 cm³/mol. The maximum absolute atomic E-state index is 11.7. The lowest BCUT2D eigenvalue weighted by Crippen LogP contribution is -2.67. The first-order chi connectivity index (χ1) is 23.3. The molecule has 2 radical (unpaired) electrons. The number of hydrogen-bond donors (Lipinski definition) is 11. The van der Waals surface area contributed by atoms with Gasteiger partial charge in [0.25, 0.3) is 0 Å². The average Bonchev–Trinajstić information content (AvgIpc) is 3.04. The first-order valence-corrected chi connectivity index (χ1v) is 17.3. The monoisotopic (exact) mass is 776 g/mol. The summed E-state index contributed by atoms with van der Waals surface area (Å²) < 4.78 is 116. The quantitative estimate of drug-likeness (QED) is 0.0774. The maximum Gasteiger partial charge on any atom is 0.397 e. The summed E-state index contributed by atoms with van der Waals surface area (Å²) in [4.78, 5) is 0. The second kappa shape index (κ2) is 17.0. The molecule has 4 aliphatic rings. The molecular weight excluding hydrogens is 736 g/mol. The molecule has 18 atom stereocenters. The Labute approximate surface area is 284 Å². The maximum atomic E-state index is 11.7. The molecule has 0 amide bonds. The molecule has 0 saturated carbocycles. The molecule has 25 nitrogen and oxygen atoms in total. The van der Waals surface area contributed by atoms with Crippen LogP contribution in [0.3, 0.4) is 0 Å². The van der Waals surface area contributed by atoms with Gasteiger partial charge in [-0.25, -0.2) is 8.37 Å². The summed E-state index contributed by atoms with van der Waals surface area (Å²) in [5.41, 5.74) is 11.9. The van der Waals surface area contributed by atoms with Crippen LogP contribution < -0.4 is 11.5 Å². The third-order valence-electron chi connectivity index (χ3n) is 7.98. The summed E-state index contributed by atoms with van der Waals surface area (Å²) in [6.07, 6.45) is -28.2.